The molecule has 5 heteroatoms. The number of nitrogens with zero attached hydrogens (tertiary/aromatic N) is 1. The Morgan fingerprint density at radius 3 is 2.48 bits per heavy atom. The molecular formula is C16H34N2O2S. The van der Waals surface area contributed by atoms with Crippen LogP contribution in [-0.2, 0) is 9.84 Å². The third-order valence-corrected chi connectivity index (χ3v) is 7.52. The maximum Gasteiger partial charge on any atom is 0.156 e. The van der Waals surface area contributed by atoms with Crippen LogP contribution in [0.2, 0.25) is 0 Å². The second-order valence-electron chi connectivity index (χ2n) is 7.51. The summed E-state index contributed by atoms with van der Waals surface area (Å²) >= 11 is 0. The van der Waals surface area contributed by atoms with Crippen LogP contribution in [0.5, 0.6) is 0 Å². The van der Waals surface area contributed by atoms with Gasteiger partial charge in [0.1, 0.15) is 0 Å². The number of rotatable bonds is 5. The highest BCUT2D eigenvalue weighted by Crippen LogP contribution is 2.19. The van der Waals surface area contributed by atoms with E-state index >= 15 is 0 Å². The first-order valence-electron chi connectivity index (χ1n) is 8.28. The van der Waals surface area contributed by atoms with Crippen LogP contribution in [0.4, 0.5) is 0 Å². The third kappa shape index (κ3) is 5.22. The molecule has 21 heavy (non-hydrogen) atoms. The smallest absolute Gasteiger partial charge is 0.156 e. The zero-order valence-electron chi connectivity index (χ0n) is 14.6. The quantitative estimate of drug-likeness (QED) is 0.845. The standard InChI is InChI=1S/C16H34N2O2S/c1-7-13(2)15-12-18(14(3)8-9-17-15)10-11-21(19,20)16(4,5)6/h13-15,17H,7-12H2,1-6H3. The van der Waals surface area contributed by atoms with Crippen molar-refractivity contribution in [3.05, 3.63) is 0 Å². The minimum Gasteiger partial charge on any atom is -0.312 e. The average molecular weight is 319 g/mol. The molecule has 3 atom stereocenters. The zero-order chi connectivity index (χ0) is 16.3. The van der Waals surface area contributed by atoms with Crippen LogP contribution in [0.15, 0.2) is 0 Å². The Morgan fingerprint density at radius 1 is 1.33 bits per heavy atom. The molecule has 0 saturated carbocycles. The van der Waals surface area contributed by atoms with E-state index in [-0.39, 0.29) is 5.75 Å². The van der Waals surface area contributed by atoms with Crippen molar-refractivity contribution in [2.24, 2.45) is 5.92 Å². The summed E-state index contributed by atoms with van der Waals surface area (Å²) < 4.78 is 24.0. The summed E-state index contributed by atoms with van der Waals surface area (Å²) in [5, 5.41) is 3.63. The molecule has 1 heterocycles. The van der Waals surface area contributed by atoms with Gasteiger partial charge in [-0.2, -0.15) is 0 Å². The van der Waals surface area contributed by atoms with Crippen LogP contribution in [0.3, 0.4) is 0 Å². The molecule has 0 spiro atoms. The topological polar surface area (TPSA) is 49.4 Å². The van der Waals surface area contributed by atoms with Gasteiger partial charge in [0, 0.05) is 25.2 Å². The fraction of sp³-hybridized carbons (Fsp3) is 1.00. The first kappa shape index (κ1) is 18.9. The van der Waals surface area contributed by atoms with Gasteiger partial charge in [-0.25, -0.2) is 8.42 Å². The maximum atomic E-state index is 12.3. The molecule has 0 aromatic carbocycles. The normalized spacial score (nSPS) is 27.3. The molecule has 126 valence electrons. The van der Waals surface area contributed by atoms with Gasteiger partial charge in [-0.3, -0.25) is 4.90 Å². The summed E-state index contributed by atoms with van der Waals surface area (Å²) in [6, 6.07) is 0.916. The van der Waals surface area contributed by atoms with Gasteiger partial charge in [-0.1, -0.05) is 20.3 Å². The maximum absolute atomic E-state index is 12.3. The van der Waals surface area contributed by atoms with Crippen molar-refractivity contribution in [2.45, 2.75) is 71.2 Å². The van der Waals surface area contributed by atoms with Crippen molar-refractivity contribution in [3.8, 4) is 0 Å². The van der Waals surface area contributed by atoms with Crippen LogP contribution in [0, 0.1) is 5.92 Å². The number of hydrogen-bond acceptors (Lipinski definition) is 4. The number of hydrogen-bond donors (Lipinski definition) is 1. The molecule has 0 radical (unpaired) electrons. The molecule has 1 fully saturated rings. The summed E-state index contributed by atoms with van der Waals surface area (Å²) in [5.41, 5.74) is 0. The van der Waals surface area contributed by atoms with Crippen molar-refractivity contribution in [1.29, 1.82) is 0 Å². The lowest BCUT2D eigenvalue weighted by atomic mass is 9.99. The largest absolute Gasteiger partial charge is 0.312 e. The highest BCUT2D eigenvalue weighted by atomic mass is 32.2. The Hall–Kier alpha value is -0.130. The first-order valence-corrected chi connectivity index (χ1v) is 9.93. The van der Waals surface area contributed by atoms with E-state index in [0.717, 1.165) is 25.9 Å². The summed E-state index contributed by atoms with van der Waals surface area (Å²) in [5.74, 6) is 0.880. The van der Waals surface area contributed by atoms with Gasteiger partial charge in [0.15, 0.2) is 9.84 Å². The van der Waals surface area contributed by atoms with Crippen LogP contribution in [0.25, 0.3) is 0 Å². The Morgan fingerprint density at radius 2 is 1.95 bits per heavy atom. The zero-order valence-corrected chi connectivity index (χ0v) is 15.5. The Balaban J connectivity index is 2.70. The van der Waals surface area contributed by atoms with Gasteiger partial charge in [0.2, 0.25) is 0 Å². The van der Waals surface area contributed by atoms with E-state index in [1.165, 1.54) is 0 Å². The summed E-state index contributed by atoms with van der Waals surface area (Å²) in [6.07, 6.45) is 2.24. The average Bonchev–Trinajstić information content (AvgIpc) is 2.56. The van der Waals surface area contributed by atoms with Gasteiger partial charge in [0.25, 0.3) is 0 Å². The van der Waals surface area contributed by atoms with Crippen LogP contribution in [0.1, 0.15) is 54.4 Å². The monoisotopic (exact) mass is 318 g/mol. The van der Waals surface area contributed by atoms with Crippen LogP contribution < -0.4 is 5.32 Å². The molecule has 1 N–H and O–H groups in total. The molecule has 4 nitrogen and oxygen atoms in total. The van der Waals surface area contributed by atoms with E-state index in [0.29, 0.717) is 24.5 Å². The van der Waals surface area contributed by atoms with Crippen molar-refractivity contribution in [3.63, 3.8) is 0 Å². The second kappa shape index (κ2) is 7.42. The van der Waals surface area contributed by atoms with Gasteiger partial charge >= 0.3 is 0 Å². The lowest BCUT2D eigenvalue weighted by Gasteiger charge is -2.32. The van der Waals surface area contributed by atoms with E-state index in [4.69, 9.17) is 0 Å². The molecule has 0 aliphatic carbocycles. The second-order valence-corrected chi connectivity index (χ2v) is 10.4. The lowest BCUT2D eigenvalue weighted by molar-refractivity contribution is 0.198. The minimum absolute atomic E-state index is 0.258. The Kier molecular flexibility index (Phi) is 6.69. The SMILES string of the molecule is CCC(C)C1CN(CCS(=O)(=O)C(C)(C)C)C(C)CCN1. The molecule has 0 aromatic heterocycles. The van der Waals surface area contributed by atoms with Gasteiger partial charge in [0.05, 0.1) is 10.5 Å². The molecule has 0 amide bonds. The number of sulfone groups is 1. The van der Waals surface area contributed by atoms with Crippen LogP contribution in [-0.4, -0.2) is 55.5 Å². The number of nitrogens with one attached hydrogen (secondary N) is 1. The predicted molar refractivity (Wildman–Crippen MR) is 90.4 cm³/mol. The van der Waals surface area contributed by atoms with Crippen LogP contribution >= 0.6 is 0 Å². The minimum atomic E-state index is -3.04. The molecule has 0 aromatic rings. The van der Waals surface area contributed by atoms with Crippen molar-refractivity contribution in [1.82, 2.24) is 10.2 Å². The van der Waals surface area contributed by atoms with Crippen molar-refractivity contribution < 1.29 is 8.42 Å². The molecule has 0 bridgehead atoms. The molecule has 3 unspecified atom stereocenters. The molecule has 1 saturated heterocycles. The highest BCUT2D eigenvalue weighted by molar-refractivity contribution is 7.92. The molecular weight excluding hydrogens is 284 g/mol. The fourth-order valence-electron chi connectivity index (χ4n) is 2.68. The third-order valence-electron chi connectivity index (χ3n) is 4.93. The molecule has 1 aliphatic rings. The van der Waals surface area contributed by atoms with Gasteiger partial charge in [-0.05, 0) is 46.6 Å². The summed E-state index contributed by atoms with van der Waals surface area (Å²) in [6.45, 7) is 14.7. The van der Waals surface area contributed by atoms with Gasteiger partial charge in [-0.15, -0.1) is 0 Å². The van der Waals surface area contributed by atoms with E-state index in [1.54, 1.807) is 20.8 Å². The van der Waals surface area contributed by atoms with E-state index < -0.39 is 14.6 Å². The first-order chi connectivity index (χ1) is 9.58. The molecule has 1 aliphatic heterocycles. The fourth-order valence-corrected chi connectivity index (χ4v) is 3.77. The van der Waals surface area contributed by atoms with Gasteiger partial charge < -0.3 is 5.32 Å². The van der Waals surface area contributed by atoms with Crippen molar-refractivity contribution >= 4 is 9.84 Å². The molecule has 1 rings (SSSR count). The van der Waals surface area contributed by atoms with E-state index in [2.05, 4.69) is 31.0 Å². The predicted octanol–water partition coefficient (Wildman–Crippen LogP) is 2.30. The summed E-state index contributed by atoms with van der Waals surface area (Å²) in [4.78, 5) is 2.36. The van der Waals surface area contributed by atoms with E-state index in [1.807, 2.05) is 0 Å². The van der Waals surface area contributed by atoms with E-state index in [9.17, 15) is 8.42 Å². The van der Waals surface area contributed by atoms with Crippen molar-refractivity contribution in [2.75, 3.05) is 25.4 Å². The highest BCUT2D eigenvalue weighted by Gasteiger charge is 2.31. The summed E-state index contributed by atoms with van der Waals surface area (Å²) in [7, 11) is -3.04. The Labute approximate surface area is 131 Å². The Bertz CT molecular complexity index is 414. The lowest BCUT2D eigenvalue weighted by Crippen LogP contribution is -2.46.